The fourth-order valence-corrected chi connectivity index (χ4v) is 1.74. The molecule has 1 aliphatic rings. The van der Waals surface area contributed by atoms with Crippen molar-refractivity contribution in [3.63, 3.8) is 0 Å². The summed E-state index contributed by atoms with van der Waals surface area (Å²) in [6.45, 7) is 1.72. The normalized spacial score (nSPS) is 14.9. The number of hydrogen-bond acceptors (Lipinski definition) is 2. The van der Waals surface area contributed by atoms with E-state index in [0.29, 0.717) is 17.2 Å². The van der Waals surface area contributed by atoms with Gasteiger partial charge in [0.25, 0.3) is 5.91 Å². The first-order valence-electron chi connectivity index (χ1n) is 5.33. The summed E-state index contributed by atoms with van der Waals surface area (Å²) in [5.74, 6) is -0.546. The number of benzene rings is 1. The molecule has 1 aromatic carbocycles. The van der Waals surface area contributed by atoms with E-state index < -0.39 is 5.82 Å². The van der Waals surface area contributed by atoms with Gasteiger partial charge in [-0.2, -0.15) is 0 Å². The maximum atomic E-state index is 13.1. The number of amides is 1. The summed E-state index contributed by atoms with van der Waals surface area (Å²) in [5.41, 5.74) is 6.62. The molecular weight excluding hydrogens is 207 g/mol. The molecule has 1 amide bonds. The van der Waals surface area contributed by atoms with E-state index in [1.54, 1.807) is 18.9 Å². The number of anilines is 1. The van der Waals surface area contributed by atoms with Gasteiger partial charge in [0.1, 0.15) is 5.82 Å². The Morgan fingerprint density at radius 3 is 2.69 bits per heavy atom. The van der Waals surface area contributed by atoms with Crippen LogP contribution < -0.4 is 5.73 Å². The molecule has 86 valence electrons. The van der Waals surface area contributed by atoms with Crippen molar-refractivity contribution < 1.29 is 9.18 Å². The number of nitrogen functional groups attached to an aromatic ring is 1. The molecule has 1 saturated carbocycles. The van der Waals surface area contributed by atoms with Crippen molar-refractivity contribution in [3.8, 4) is 0 Å². The number of halogens is 1. The summed E-state index contributed by atoms with van der Waals surface area (Å²) >= 11 is 0. The molecule has 0 bridgehead atoms. The van der Waals surface area contributed by atoms with E-state index in [9.17, 15) is 9.18 Å². The molecule has 1 aromatic rings. The van der Waals surface area contributed by atoms with Crippen molar-refractivity contribution in [2.75, 3.05) is 12.8 Å². The Hall–Kier alpha value is -1.58. The molecule has 1 aliphatic carbocycles. The lowest BCUT2D eigenvalue weighted by atomic mass is 10.1. The second kappa shape index (κ2) is 3.77. The smallest absolute Gasteiger partial charge is 0.254 e. The highest BCUT2D eigenvalue weighted by molar-refractivity contribution is 5.96. The van der Waals surface area contributed by atoms with Crippen molar-refractivity contribution in [3.05, 3.63) is 29.1 Å². The van der Waals surface area contributed by atoms with Gasteiger partial charge in [-0.1, -0.05) is 0 Å². The highest BCUT2D eigenvalue weighted by atomic mass is 19.1. The fraction of sp³-hybridized carbons (Fsp3) is 0.417. The Balaban J connectivity index is 2.32. The van der Waals surface area contributed by atoms with Crippen LogP contribution in [0, 0.1) is 12.7 Å². The van der Waals surface area contributed by atoms with Crippen molar-refractivity contribution in [2.45, 2.75) is 25.8 Å². The molecule has 2 rings (SSSR count). The second-order valence-electron chi connectivity index (χ2n) is 4.34. The quantitative estimate of drug-likeness (QED) is 0.777. The number of hydrogen-bond donors (Lipinski definition) is 1. The number of nitrogens with two attached hydrogens (primary N) is 1. The topological polar surface area (TPSA) is 46.3 Å². The van der Waals surface area contributed by atoms with Gasteiger partial charge in [0.05, 0.1) is 5.69 Å². The molecule has 1 fully saturated rings. The van der Waals surface area contributed by atoms with Crippen LogP contribution in [0.25, 0.3) is 0 Å². The third-order valence-corrected chi connectivity index (χ3v) is 2.99. The molecule has 0 heterocycles. The third-order valence-electron chi connectivity index (χ3n) is 2.99. The maximum absolute atomic E-state index is 13.1. The predicted molar refractivity (Wildman–Crippen MR) is 60.7 cm³/mol. The van der Waals surface area contributed by atoms with Crippen LogP contribution in [0.2, 0.25) is 0 Å². The molecule has 0 saturated heterocycles. The molecule has 0 unspecified atom stereocenters. The molecule has 16 heavy (non-hydrogen) atoms. The van der Waals surface area contributed by atoms with Gasteiger partial charge in [-0.05, 0) is 37.5 Å². The lowest BCUT2D eigenvalue weighted by molar-refractivity contribution is 0.0784. The fourth-order valence-electron chi connectivity index (χ4n) is 1.74. The average molecular weight is 222 g/mol. The second-order valence-corrected chi connectivity index (χ2v) is 4.34. The highest BCUT2D eigenvalue weighted by Crippen LogP contribution is 2.28. The van der Waals surface area contributed by atoms with Crippen LogP contribution >= 0.6 is 0 Å². The Morgan fingerprint density at radius 2 is 2.12 bits per heavy atom. The van der Waals surface area contributed by atoms with E-state index in [1.165, 1.54) is 12.1 Å². The van der Waals surface area contributed by atoms with E-state index >= 15 is 0 Å². The largest absolute Gasteiger partial charge is 0.396 e. The van der Waals surface area contributed by atoms with E-state index in [-0.39, 0.29) is 11.6 Å². The molecule has 0 aromatic heterocycles. The Labute approximate surface area is 94.0 Å². The van der Waals surface area contributed by atoms with Gasteiger partial charge in [-0.25, -0.2) is 4.39 Å². The lowest BCUT2D eigenvalue weighted by Crippen LogP contribution is -2.29. The molecule has 3 nitrogen and oxygen atoms in total. The van der Waals surface area contributed by atoms with E-state index in [4.69, 9.17) is 5.73 Å². The number of carbonyl (C=O) groups excluding carboxylic acids is 1. The minimum atomic E-state index is -0.469. The monoisotopic (exact) mass is 222 g/mol. The van der Waals surface area contributed by atoms with Crippen LogP contribution in [0.3, 0.4) is 0 Å². The molecule has 4 heteroatoms. The van der Waals surface area contributed by atoms with Crippen LogP contribution in [0.4, 0.5) is 10.1 Å². The number of carbonyl (C=O) groups is 1. The minimum absolute atomic E-state index is 0.0261. The van der Waals surface area contributed by atoms with Crippen LogP contribution in [-0.4, -0.2) is 23.9 Å². The first-order valence-corrected chi connectivity index (χ1v) is 5.33. The van der Waals surface area contributed by atoms with Crippen molar-refractivity contribution >= 4 is 11.6 Å². The lowest BCUT2D eigenvalue weighted by Gasteiger charge is -2.18. The van der Waals surface area contributed by atoms with Crippen LogP contribution in [0.1, 0.15) is 28.8 Å². The Kier molecular flexibility index (Phi) is 2.58. The Morgan fingerprint density at radius 1 is 1.50 bits per heavy atom. The zero-order valence-electron chi connectivity index (χ0n) is 9.46. The summed E-state index contributed by atoms with van der Waals surface area (Å²) in [4.78, 5) is 13.8. The molecule has 0 aliphatic heterocycles. The summed E-state index contributed by atoms with van der Waals surface area (Å²) in [6.07, 6.45) is 2.11. The van der Waals surface area contributed by atoms with E-state index in [2.05, 4.69) is 0 Å². The SMILES string of the molecule is Cc1cc(F)c(N)cc1C(=O)N(C)C1CC1. The van der Waals surface area contributed by atoms with Gasteiger partial charge < -0.3 is 10.6 Å². The van der Waals surface area contributed by atoms with Gasteiger partial charge in [0.15, 0.2) is 0 Å². The summed E-state index contributed by atoms with van der Waals surface area (Å²) in [7, 11) is 1.78. The van der Waals surface area contributed by atoms with Crippen LogP contribution in [0.15, 0.2) is 12.1 Å². The number of aryl methyl sites for hydroxylation is 1. The third kappa shape index (κ3) is 1.87. The van der Waals surface area contributed by atoms with Gasteiger partial charge in [-0.15, -0.1) is 0 Å². The summed E-state index contributed by atoms with van der Waals surface area (Å²) in [5, 5.41) is 0. The molecule has 0 spiro atoms. The highest BCUT2D eigenvalue weighted by Gasteiger charge is 2.30. The molecule has 2 N–H and O–H groups in total. The van der Waals surface area contributed by atoms with E-state index in [0.717, 1.165) is 12.8 Å². The van der Waals surface area contributed by atoms with Gasteiger partial charge in [-0.3, -0.25) is 4.79 Å². The molecule has 0 radical (unpaired) electrons. The maximum Gasteiger partial charge on any atom is 0.254 e. The van der Waals surface area contributed by atoms with Crippen LogP contribution in [-0.2, 0) is 0 Å². The predicted octanol–water partition coefficient (Wildman–Crippen LogP) is 1.95. The summed E-state index contributed by atoms with van der Waals surface area (Å²) < 4.78 is 13.1. The zero-order valence-corrected chi connectivity index (χ0v) is 9.46. The number of nitrogens with zero attached hydrogens (tertiary/aromatic N) is 1. The first kappa shape index (κ1) is 10.9. The van der Waals surface area contributed by atoms with Gasteiger partial charge in [0, 0.05) is 18.7 Å². The van der Waals surface area contributed by atoms with E-state index in [1.807, 2.05) is 0 Å². The first-order chi connectivity index (χ1) is 7.50. The van der Waals surface area contributed by atoms with Crippen molar-refractivity contribution in [1.82, 2.24) is 4.90 Å². The summed E-state index contributed by atoms with van der Waals surface area (Å²) in [6, 6.07) is 3.08. The molecule has 0 atom stereocenters. The number of rotatable bonds is 2. The van der Waals surface area contributed by atoms with Crippen molar-refractivity contribution in [2.24, 2.45) is 0 Å². The standard InChI is InChI=1S/C12H15FN2O/c1-7-5-10(13)11(14)6-9(7)12(16)15(2)8-3-4-8/h5-6,8H,3-4,14H2,1-2H3. The van der Waals surface area contributed by atoms with Crippen LogP contribution in [0.5, 0.6) is 0 Å². The Bertz CT molecular complexity index is 441. The minimum Gasteiger partial charge on any atom is -0.396 e. The zero-order chi connectivity index (χ0) is 11.9. The van der Waals surface area contributed by atoms with Crippen molar-refractivity contribution in [1.29, 1.82) is 0 Å². The van der Waals surface area contributed by atoms with Gasteiger partial charge in [0.2, 0.25) is 0 Å². The average Bonchev–Trinajstić information content (AvgIpc) is 3.05. The van der Waals surface area contributed by atoms with Gasteiger partial charge >= 0.3 is 0 Å². The molecular formula is C12H15FN2O.